The van der Waals surface area contributed by atoms with E-state index in [4.69, 9.17) is 4.74 Å². The Morgan fingerprint density at radius 3 is 2.77 bits per heavy atom. The Hall–Kier alpha value is -1.56. The Morgan fingerprint density at radius 1 is 1.50 bits per heavy atom. The standard InChI is InChI=1S/C16H25BN2O3/c1-11-9-12(10-14(20)22-16(2,3)4)18-15-13(11)7-6-8-19(15)17(5)21/h9,21H,6-8,10H2,1-5H3. The van der Waals surface area contributed by atoms with Gasteiger partial charge in [0.1, 0.15) is 11.4 Å². The Balaban J connectivity index is 2.26. The van der Waals surface area contributed by atoms with Crippen LogP contribution in [0.3, 0.4) is 0 Å². The maximum atomic E-state index is 12.0. The highest BCUT2D eigenvalue weighted by molar-refractivity contribution is 6.53. The Bertz CT molecular complexity index is 567. The average molecular weight is 304 g/mol. The van der Waals surface area contributed by atoms with E-state index in [0.29, 0.717) is 5.69 Å². The topological polar surface area (TPSA) is 62.7 Å². The molecule has 0 saturated heterocycles. The van der Waals surface area contributed by atoms with Gasteiger partial charge >= 0.3 is 13.0 Å². The van der Waals surface area contributed by atoms with Gasteiger partial charge in [0.2, 0.25) is 0 Å². The molecular weight excluding hydrogens is 279 g/mol. The summed E-state index contributed by atoms with van der Waals surface area (Å²) in [5.41, 5.74) is 2.48. The molecule has 0 radical (unpaired) electrons. The van der Waals surface area contributed by atoms with E-state index in [1.54, 1.807) is 6.82 Å². The van der Waals surface area contributed by atoms with Crippen LogP contribution in [0, 0.1) is 6.92 Å². The van der Waals surface area contributed by atoms with Crippen LogP contribution in [0.4, 0.5) is 5.82 Å². The normalized spacial score (nSPS) is 14.5. The zero-order valence-corrected chi connectivity index (χ0v) is 14.1. The number of aryl methyl sites for hydroxylation is 1. The highest BCUT2D eigenvalue weighted by Crippen LogP contribution is 2.29. The van der Waals surface area contributed by atoms with Gasteiger partial charge in [-0.25, -0.2) is 4.98 Å². The molecule has 22 heavy (non-hydrogen) atoms. The van der Waals surface area contributed by atoms with Crippen LogP contribution in [0.15, 0.2) is 6.07 Å². The minimum absolute atomic E-state index is 0.152. The lowest BCUT2D eigenvalue weighted by Gasteiger charge is -2.32. The molecule has 1 aliphatic rings. The second-order valence-electron chi connectivity index (χ2n) is 6.92. The third kappa shape index (κ3) is 4.00. The number of aromatic nitrogens is 1. The van der Waals surface area contributed by atoms with Crippen molar-refractivity contribution in [2.75, 3.05) is 11.4 Å². The highest BCUT2D eigenvalue weighted by Gasteiger charge is 2.26. The number of pyridine rings is 1. The van der Waals surface area contributed by atoms with Gasteiger partial charge in [-0.3, -0.25) is 4.79 Å². The van der Waals surface area contributed by atoms with E-state index < -0.39 is 12.7 Å². The Morgan fingerprint density at radius 2 is 2.18 bits per heavy atom. The third-order valence-electron chi connectivity index (χ3n) is 3.67. The number of nitrogens with zero attached hydrogens (tertiary/aromatic N) is 2. The predicted molar refractivity (Wildman–Crippen MR) is 88.0 cm³/mol. The molecule has 0 bridgehead atoms. The molecule has 1 aliphatic heterocycles. The number of fused-ring (bicyclic) bond motifs is 1. The number of hydrogen-bond acceptors (Lipinski definition) is 5. The highest BCUT2D eigenvalue weighted by atomic mass is 16.6. The summed E-state index contributed by atoms with van der Waals surface area (Å²) in [4.78, 5) is 18.5. The first-order chi connectivity index (χ1) is 10.2. The van der Waals surface area contributed by atoms with Gasteiger partial charge in [0.15, 0.2) is 0 Å². The molecule has 120 valence electrons. The fourth-order valence-electron chi connectivity index (χ4n) is 2.81. The number of esters is 1. The molecule has 0 aromatic carbocycles. The summed E-state index contributed by atoms with van der Waals surface area (Å²) < 4.78 is 5.36. The van der Waals surface area contributed by atoms with Crippen LogP contribution in [0.5, 0.6) is 0 Å². The second kappa shape index (κ2) is 6.28. The number of carbonyl (C=O) groups is 1. The molecule has 2 heterocycles. The Kier molecular flexibility index (Phi) is 4.80. The molecule has 0 atom stereocenters. The fourth-order valence-corrected chi connectivity index (χ4v) is 2.81. The van der Waals surface area contributed by atoms with Crippen LogP contribution in [0.2, 0.25) is 6.82 Å². The molecule has 0 fully saturated rings. The summed E-state index contributed by atoms with van der Waals surface area (Å²) in [5, 5.41) is 9.93. The summed E-state index contributed by atoms with van der Waals surface area (Å²) in [7, 11) is -0.581. The molecule has 0 aliphatic carbocycles. The van der Waals surface area contributed by atoms with Crippen molar-refractivity contribution < 1.29 is 14.6 Å². The maximum absolute atomic E-state index is 12.0. The molecule has 0 amide bonds. The summed E-state index contributed by atoms with van der Waals surface area (Å²) in [6.07, 6.45) is 2.12. The van der Waals surface area contributed by atoms with E-state index in [0.717, 1.165) is 30.8 Å². The zero-order chi connectivity index (χ0) is 16.5. The van der Waals surface area contributed by atoms with Crippen LogP contribution in [0.25, 0.3) is 0 Å². The van der Waals surface area contributed by atoms with E-state index in [-0.39, 0.29) is 12.4 Å². The molecule has 5 nitrogen and oxygen atoms in total. The molecule has 2 rings (SSSR count). The van der Waals surface area contributed by atoms with Crippen LogP contribution in [0.1, 0.15) is 44.0 Å². The summed E-state index contributed by atoms with van der Waals surface area (Å²) in [6.45, 7) is 10.1. The molecule has 0 saturated carbocycles. The molecule has 6 heteroatoms. The largest absolute Gasteiger partial charge is 0.460 e. The predicted octanol–water partition coefficient (Wildman–Crippen LogP) is 2.14. The van der Waals surface area contributed by atoms with Crippen molar-refractivity contribution >= 4 is 18.8 Å². The zero-order valence-electron chi connectivity index (χ0n) is 14.1. The van der Waals surface area contributed by atoms with Crippen LogP contribution in [-0.4, -0.2) is 35.2 Å². The van der Waals surface area contributed by atoms with Crippen molar-refractivity contribution in [3.05, 3.63) is 22.9 Å². The molecule has 0 unspecified atom stereocenters. The third-order valence-corrected chi connectivity index (χ3v) is 3.67. The lowest BCUT2D eigenvalue weighted by atomic mass is 9.82. The first kappa shape index (κ1) is 16.8. The van der Waals surface area contributed by atoms with Crippen LogP contribution < -0.4 is 4.81 Å². The quantitative estimate of drug-likeness (QED) is 0.685. The van der Waals surface area contributed by atoms with Gasteiger partial charge < -0.3 is 14.6 Å². The van der Waals surface area contributed by atoms with Crippen molar-refractivity contribution in [1.82, 2.24) is 4.98 Å². The van der Waals surface area contributed by atoms with Crippen molar-refractivity contribution in [1.29, 1.82) is 0 Å². The fraction of sp³-hybridized carbons (Fsp3) is 0.625. The van der Waals surface area contributed by atoms with Gasteiger partial charge in [0, 0.05) is 6.54 Å². The van der Waals surface area contributed by atoms with Gasteiger partial charge in [0.05, 0.1) is 12.1 Å². The number of carbonyl (C=O) groups excluding carboxylic acids is 1. The lowest BCUT2D eigenvalue weighted by Crippen LogP contribution is -2.41. The summed E-state index contributed by atoms with van der Waals surface area (Å²) >= 11 is 0. The number of hydrogen-bond donors (Lipinski definition) is 1. The van der Waals surface area contributed by atoms with Crippen molar-refractivity contribution in [3.63, 3.8) is 0 Å². The van der Waals surface area contributed by atoms with Gasteiger partial charge in [-0.15, -0.1) is 0 Å². The minimum Gasteiger partial charge on any atom is -0.460 e. The summed E-state index contributed by atoms with van der Waals surface area (Å²) in [6, 6.07) is 1.95. The van der Waals surface area contributed by atoms with Crippen molar-refractivity contribution in [2.45, 2.75) is 59.4 Å². The molecule has 1 aromatic rings. The summed E-state index contributed by atoms with van der Waals surface area (Å²) in [5.74, 6) is 0.526. The first-order valence-electron chi connectivity index (χ1n) is 7.83. The smallest absolute Gasteiger partial charge is 0.410 e. The van der Waals surface area contributed by atoms with E-state index in [1.165, 1.54) is 5.56 Å². The van der Waals surface area contributed by atoms with Gasteiger partial charge in [-0.2, -0.15) is 0 Å². The average Bonchev–Trinajstić information content (AvgIpc) is 2.35. The first-order valence-corrected chi connectivity index (χ1v) is 7.83. The SMILES string of the molecule is CB(O)N1CCCc2c(C)cc(CC(=O)OC(C)(C)C)nc21. The van der Waals surface area contributed by atoms with Crippen molar-refractivity contribution in [2.24, 2.45) is 0 Å². The van der Waals surface area contributed by atoms with E-state index in [2.05, 4.69) is 4.98 Å². The monoisotopic (exact) mass is 304 g/mol. The van der Waals surface area contributed by atoms with E-state index in [1.807, 2.05) is 38.6 Å². The maximum Gasteiger partial charge on any atom is 0.410 e. The van der Waals surface area contributed by atoms with Crippen LogP contribution in [-0.2, 0) is 22.4 Å². The number of anilines is 1. The molecule has 1 N–H and O–H groups in total. The molecular formula is C16H25BN2O3. The lowest BCUT2D eigenvalue weighted by molar-refractivity contribution is -0.153. The second-order valence-corrected chi connectivity index (χ2v) is 6.92. The minimum atomic E-state index is -0.581. The molecule has 0 spiro atoms. The van der Waals surface area contributed by atoms with E-state index >= 15 is 0 Å². The van der Waals surface area contributed by atoms with Gasteiger partial charge in [-0.1, -0.05) is 0 Å². The van der Waals surface area contributed by atoms with Crippen LogP contribution >= 0.6 is 0 Å². The number of ether oxygens (including phenoxy) is 1. The molecule has 1 aromatic heterocycles. The van der Waals surface area contributed by atoms with Crippen molar-refractivity contribution in [3.8, 4) is 0 Å². The van der Waals surface area contributed by atoms with Gasteiger partial charge in [0.25, 0.3) is 0 Å². The number of rotatable bonds is 3. The van der Waals surface area contributed by atoms with Gasteiger partial charge in [-0.05, 0) is 64.6 Å². The Labute approximate surface area is 132 Å². The van der Waals surface area contributed by atoms with E-state index in [9.17, 15) is 9.82 Å².